The molecular formula is C21H36IN3O2. The van der Waals surface area contributed by atoms with Crippen LogP contribution in [0.15, 0.2) is 29.3 Å². The lowest BCUT2D eigenvalue weighted by atomic mass is 9.78. The zero-order valence-electron chi connectivity index (χ0n) is 17.1. The second-order valence-corrected chi connectivity index (χ2v) is 6.98. The van der Waals surface area contributed by atoms with Crippen molar-refractivity contribution in [1.82, 2.24) is 10.6 Å². The molecule has 0 amide bonds. The number of guanidine groups is 1. The van der Waals surface area contributed by atoms with Crippen molar-refractivity contribution < 1.29 is 9.47 Å². The topological polar surface area (TPSA) is 54.9 Å². The summed E-state index contributed by atoms with van der Waals surface area (Å²) in [6.45, 7) is 5.48. The van der Waals surface area contributed by atoms with Crippen molar-refractivity contribution in [2.24, 2.45) is 4.99 Å². The fourth-order valence-corrected chi connectivity index (χ4v) is 3.73. The molecule has 0 spiro atoms. The first-order valence-corrected chi connectivity index (χ1v) is 9.91. The van der Waals surface area contributed by atoms with Gasteiger partial charge in [-0.1, -0.05) is 25.0 Å². The fourth-order valence-electron chi connectivity index (χ4n) is 3.73. The maximum Gasteiger partial charge on any atom is 0.191 e. The summed E-state index contributed by atoms with van der Waals surface area (Å²) in [5.74, 6) is 1.82. The number of unbranched alkanes of at least 4 members (excludes halogenated alkanes) is 1. The minimum absolute atomic E-state index is 0. The summed E-state index contributed by atoms with van der Waals surface area (Å²) in [7, 11) is 3.57. The Hall–Kier alpha value is -1.02. The van der Waals surface area contributed by atoms with Gasteiger partial charge in [0.2, 0.25) is 0 Å². The summed E-state index contributed by atoms with van der Waals surface area (Å²) in [5, 5.41) is 6.98. The van der Waals surface area contributed by atoms with Crippen LogP contribution in [0.25, 0.3) is 0 Å². The Kier molecular flexibility index (Phi) is 11.7. The van der Waals surface area contributed by atoms with Crippen LogP contribution in [0.3, 0.4) is 0 Å². The lowest BCUT2D eigenvalue weighted by Gasteiger charge is -2.31. The highest BCUT2D eigenvalue weighted by atomic mass is 127. The SMILES string of the molecule is CCOCCCCNC(=NC)NCC1(c2cccc(OC)c2)CCCC1.I. The Morgan fingerprint density at radius 1 is 1.19 bits per heavy atom. The van der Waals surface area contributed by atoms with Crippen LogP contribution in [0.2, 0.25) is 0 Å². The smallest absolute Gasteiger partial charge is 0.191 e. The molecule has 0 aromatic heterocycles. The maximum absolute atomic E-state index is 5.43. The molecule has 154 valence electrons. The number of halogens is 1. The molecule has 5 nitrogen and oxygen atoms in total. The quantitative estimate of drug-likeness (QED) is 0.225. The van der Waals surface area contributed by atoms with Crippen molar-refractivity contribution in [2.75, 3.05) is 40.5 Å². The highest BCUT2D eigenvalue weighted by molar-refractivity contribution is 14.0. The molecule has 0 aliphatic heterocycles. The summed E-state index contributed by atoms with van der Waals surface area (Å²) in [5.41, 5.74) is 1.54. The fraction of sp³-hybridized carbons (Fsp3) is 0.667. The number of hydrogen-bond acceptors (Lipinski definition) is 3. The van der Waals surface area contributed by atoms with E-state index in [1.165, 1.54) is 31.2 Å². The Balaban J connectivity index is 0.00000364. The summed E-state index contributed by atoms with van der Waals surface area (Å²) in [6, 6.07) is 8.54. The van der Waals surface area contributed by atoms with Gasteiger partial charge < -0.3 is 20.1 Å². The van der Waals surface area contributed by atoms with Gasteiger partial charge in [-0.05, 0) is 50.3 Å². The second-order valence-electron chi connectivity index (χ2n) is 6.98. The molecule has 0 heterocycles. The van der Waals surface area contributed by atoms with E-state index in [2.05, 4.69) is 33.8 Å². The van der Waals surface area contributed by atoms with Gasteiger partial charge in [0.25, 0.3) is 0 Å². The number of nitrogens with zero attached hydrogens (tertiary/aromatic N) is 1. The largest absolute Gasteiger partial charge is 0.497 e. The molecule has 0 atom stereocenters. The average Bonchev–Trinajstić information content (AvgIpc) is 3.17. The second kappa shape index (κ2) is 13.2. The third-order valence-corrected chi connectivity index (χ3v) is 5.27. The van der Waals surface area contributed by atoms with Crippen molar-refractivity contribution in [3.05, 3.63) is 29.8 Å². The van der Waals surface area contributed by atoms with Gasteiger partial charge in [-0.25, -0.2) is 0 Å². The zero-order valence-corrected chi connectivity index (χ0v) is 19.4. The molecule has 2 rings (SSSR count). The van der Waals surface area contributed by atoms with Crippen LogP contribution in [-0.2, 0) is 10.2 Å². The van der Waals surface area contributed by atoms with Crippen molar-refractivity contribution in [2.45, 2.75) is 50.9 Å². The van der Waals surface area contributed by atoms with Gasteiger partial charge in [0.1, 0.15) is 5.75 Å². The van der Waals surface area contributed by atoms with Crippen LogP contribution in [0.1, 0.15) is 51.0 Å². The molecule has 0 saturated heterocycles. The Labute approximate surface area is 181 Å². The van der Waals surface area contributed by atoms with Crippen LogP contribution in [0, 0.1) is 0 Å². The van der Waals surface area contributed by atoms with E-state index in [1.54, 1.807) is 7.11 Å². The first-order valence-electron chi connectivity index (χ1n) is 9.91. The number of aliphatic imine (C=N–C) groups is 1. The Morgan fingerprint density at radius 3 is 2.63 bits per heavy atom. The van der Waals surface area contributed by atoms with Crippen molar-refractivity contribution in [3.8, 4) is 5.75 Å². The average molecular weight is 489 g/mol. The highest BCUT2D eigenvalue weighted by Crippen LogP contribution is 2.41. The van der Waals surface area contributed by atoms with Crippen molar-refractivity contribution >= 4 is 29.9 Å². The molecule has 0 unspecified atom stereocenters. The predicted molar refractivity (Wildman–Crippen MR) is 124 cm³/mol. The van der Waals surface area contributed by atoms with E-state index >= 15 is 0 Å². The monoisotopic (exact) mass is 489 g/mol. The van der Waals surface area contributed by atoms with Crippen LogP contribution in [0.5, 0.6) is 5.75 Å². The summed E-state index contributed by atoms with van der Waals surface area (Å²) in [6.07, 6.45) is 7.13. The Bertz CT molecular complexity index is 560. The Morgan fingerprint density at radius 2 is 1.96 bits per heavy atom. The van der Waals surface area contributed by atoms with E-state index < -0.39 is 0 Å². The minimum atomic E-state index is 0. The van der Waals surface area contributed by atoms with E-state index in [1.807, 2.05) is 20.0 Å². The molecule has 6 heteroatoms. The number of methoxy groups -OCH3 is 1. The van der Waals surface area contributed by atoms with Crippen LogP contribution >= 0.6 is 24.0 Å². The summed E-state index contributed by atoms with van der Waals surface area (Å²) < 4.78 is 10.8. The number of rotatable bonds is 10. The third-order valence-electron chi connectivity index (χ3n) is 5.27. The number of benzene rings is 1. The third kappa shape index (κ3) is 7.49. The molecule has 1 aromatic carbocycles. The number of nitrogens with one attached hydrogen (secondary N) is 2. The molecular weight excluding hydrogens is 453 g/mol. The van der Waals surface area contributed by atoms with E-state index in [0.29, 0.717) is 0 Å². The molecule has 1 aromatic rings. The van der Waals surface area contributed by atoms with Crippen molar-refractivity contribution in [3.63, 3.8) is 0 Å². The molecule has 1 saturated carbocycles. The molecule has 0 bridgehead atoms. The van der Waals surface area contributed by atoms with Gasteiger partial charge in [0.05, 0.1) is 7.11 Å². The van der Waals surface area contributed by atoms with Gasteiger partial charge in [0.15, 0.2) is 5.96 Å². The standard InChI is InChI=1S/C21H35N3O2.HI/c1-4-26-15-8-7-14-23-20(22-2)24-17-21(12-5-6-13-21)18-10-9-11-19(16-18)25-3;/h9-11,16H,4-8,12-15,17H2,1-3H3,(H2,22,23,24);1H. The number of hydrogen-bond donors (Lipinski definition) is 2. The molecule has 2 N–H and O–H groups in total. The van der Waals surface area contributed by atoms with E-state index in [4.69, 9.17) is 9.47 Å². The number of ether oxygens (including phenoxy) is 2. The van der Waals surface area contributed by atoms with Crippen LogP contribution in [0.4, 0.5) is 0 Å². The molecule has 1 aliphatic rings. The van der Waals surface area contributed by atoms with E-state index in [-0.39, 0.29) is 29.4 Å². The lowest BCUT2D eigenvalue weighted by molar-refractivity contribution is 0.143. The van der Waals surface area contributed by atoms with Crippen molar-refractivity contribution in [1.29, 1.82) is 0 Å². The highest BCUT2D eigenvalue weighted by Gasteiger charge is 2.35. The van der Waals surface area contributed by atoms with Gasteiger partial charge >= 0.3 is 0 Å². The van der Waals surface area contributed by atoms with E-state index in [0.717, 1.165) is 50.9 Å². The normalized spacial score (nSPS) is 15.9. The first-order chi connectivity index (χ1) is 12.7. The van der Waals surface area contributed by atoms with Gasteiger partial charge in [0, 0.05) is 38.8 Å². The van der Waals surface area contributed by atoms with Crippen LogP contribution < -0.4 is 15.4 Å². The molecule has 0 radical (unpaired) electrons. The maximum atomic E-state index is 5.43. The molecule has 1 aliphatic carbocycles. The molecule has 27 heavy (non-hydrogen) atoms. The lowest BCUT2D eigenvalue weighted by Crippen LogP contribution is -2.45. The van der Waals surface area contributed by atoms with Gasteiger partial charge in [-0.3, -0.25) is 4.99 Å². The predicted octanol–water partition coefficient (Wildman–Crippen LogP) is 4.11. The molecule has 1 fully saturated rings. The summed E-state index contributed by atoms with van der Waals surface area (Å²) >= 11 is 0. The van der Waals surface area contributed by atoms with E-state index in [9.17, 15) is 0 Å². The summed E-state index contributed by atoms with van der Waals surface area (Å²) in [4.78, 5) is 4.38. The van der Waals surface area contributed by atoms with Crippen LogP contribution in [-0.4, -0.2) is 46.4 Å². The van der Waals surface area contributed by atoms with Gasteiger partial charge in [-0.15, -0.1) is 24.0 Å². The van der Waals surface area contributed by atoms with Gasteiger partial charge in [-0.2, -0.15) is 0 Å². The first kappa shape index (κ1) is 24.0. The zero-order chi connectivity index (χ0) is 18.7. The minimum Gasteiger partial charge on any atom is -0.497 e.